The average Bonchev–Trinajstić information content (AvgIpc) is 2.84. The van der Waals surface area contributed by atoms with Crippen LogP contribution in [0.5, 0.6) is 0 Å². The number of nitrogens with one attached hydrogen (secondary N) is 1. The minimum atomic E-state index is 0.367. The number of halogens is 2. The minimum Gasteiger partial charge on any atom is -0.312 e. The molecule has 0 spiro atoms. The van der Waals surface area contributed by atoms with Crippen molar-refractivity contribution in [1.29, 1.82) is 0 Å². The zero-order chi connectivity index (χ0) is 11.5. The zero-order valence-corrected chi connectivity index (χ0v) is 12.6. The first-order valence-electron chi connectivity index (χ1n) is 4.84. The molecule has 1 nitrogen and oxygen atoms in total. The van der Waals surface area contributed by atoms with Gasteiger partial charge in [-0.05, 0) is 41.2 Å². The van der Waals surface area contributed by atoms with Crippen LogP contribution in [-0.4, -0.2) is 7.05 Å². The van der Waals surface area contributed by atoms with Crippen molar-refractivity contribution in [3.63, 3.8) is 0 Å². The second-order valence-electron chi connectivity index (χ2n) is 3.42. The molecule has 0 saturated carbocycles. The maximum absolute atomic E-state index is 5.93. The number of hydrogen-bond donors (Lipinski definition) is 1. The molecule has 2 aromatic rings. The second-order valence-corrected chi connectivity index (χ2v) is 7.08. The van der Waals surface area contributed by atoms with Gasteiger partial charge in [0, 0.05) is 32.1 Å². The summed E-state index contributed by atoms with van der Waals surface area (Å²) in [6.45, 7) is 0. The Kier molecular flexibility index (Phi) is 4.44. The molecule has 1 unspecified atom stereocenters. The Balaban J connectivity index is 2.12. The third-order valence-electron chi connectivity index (χ3n) is 2.31. The van der Waals surface area contributed by atoms with Crippen molar-refractivity contribution in [1.82, 2.24) is 5.32 Å². The van der Waals surface area contributed by atoms with E-state index in [2.05, 4.69) is 38.8 Å². The van der Waals surface area contributed by atoms with Crippen molar-refractivity contribution < 1.29 is 0 Å². The summed E-state index contributed by atoms with van der Waals surface area (Å²) < 4.78 is 2.01. The van der Waals surface area contributed by atoms with Gasteiger partial charge in [0.05, 0.1) is 4.34 Å². The first-order valence-corrected chi connectivity index (χ1v) is 7.71. The highest BCUT2D eigenvalue weighted by Crippen LogP contribution is 2.30. The Morgan fingerprint density at radius 1 is 1.50 bits per heavy atom. The number of likely N-dealkylation sites (N-methyl/N-ethyl adjacent to an activating group) is 1. The molecule has 0 bridgehead atoms. The highest BCUT2D eigenvalue weighted by Gasteiger charge is 2.13. The van der Waals surface area contributed by atoms with Crippen molar-refractivity contribution in [3.8, 4) is 0 Å². The SMILES string of the molecule is CNC(Cc1ccc(Cl)s1)c1cc(Br)cs1. The fourth-order valence-corrected chi connectivity index (χ4v) is 4.21. The van der Waals surface area contributed by atoms with Crippen LogP contribution in [0.25, 0.3) is 0 Å². The molecule has 0 saturated heterocycles. The molecule has 0 aliphatic carbocycles. The fourth-order valence-electron chi connectivity index (χ4n) is 1.52. The van der Waals surface area contributed by atoms with Gasteiger partial charge in [0.1, 0.15) is 0 Å². The first-order chi connectivity index (χ1) is 7.69. The van der Waals surface area contributed by atoms with Gasteiger partial charge in [-0.15, -0.1) is 22.7 Å². The van der Waals surface area contributed by atoms with Gasteiger partial charge in [0.15, 0.2) is 0 Å². The summed E-state index contributed by atoms with van der Waals surface area (Å²) in [6, 6.07) is 6.59. The van der Waals surface area contributed by atoms with E-state index in [9.17, 15) is 0 Å². The molecular weight excluding hydrogens is 326 g/mol. The minimum absolute atomic E-state index is 0.367. The summed E-state index contributed by atoms with van der Waals surface area (Å²) >= 11 is 12.8. The number of hydrogen-bond acceptors (Lipinski definition) is 3. The van der Waals surface area contributed by atoms with Crippen LogP contribution >= 0.6 is 50.2 Å². The monoisotopic (exact) mass is 335 g/mol. The van der Waals surface area contributed by atoms with Crippen LogP contribution in [0.15, 0.2) is 28.1 Å². The van der Waals surface area contributed by atoms with E-state index in [1.165, 1.54) is 9.75 Å². The first kappa shape index (κ1) is 12.6. The molecule has 1 N–H and O–H groups in total. The van der Waals surface area contributed by atoms with Crippen LogP contribution in [0.2, 0.25) is 4.34 Å². The van der Waals surface area contributed by atoms with E-state index in [0.29, 0.717) is 6.04 Å². The van der Waals surface area contributed by atoms with E-state index in [1.54, 1.807) is 22.7 Å². The maximum Gasteiger partial charge on any atom is 0.0931 e. The van der Waals surface area contributed by atoms with Gasteiger partial charge < -0.3 is 5.32 Å². The van der Waals surface area contributed by atoms with Crippen LogP contribution in [0.4, 0.5) is 0 Å². The third kappa shape index (κ3) is 3.08. The van der Waals surface area contributed by atoms with Crippen molar-refractivity contribution in [2.45, 2.75) is 12.5 Å². The fraction of sp³-hybridized carbons (Fsp3) is 0.273. The Morgan fingerprint density at radius 3 is 2.81 bits per heavy atom. The summed E-state index contributed by atoms with van der Waals surface area (Å²) in [5, 5.41) is 5.45. The van der Waals surface area contributed by atoms with E-state index in [-0.39, 0.29) is 0 Å². The van der Waals surface area contributed by atoms with Crippen molar-refractivity contribution in [2.24, 2.45) is 0 Å². The van der Waals surface area contributed by atoms with Gasteiger partial charge in [-0.3, -0.25) is 0 Å². The Labute approximate surface area is 117 Å². The predicted octanol–water partition coefficient (Wildman–Crippen LogP) is 4.73. The summed E-state index contributed by atoms with van der Waals surface area (Å²) in [7, 11) is 1.99. The molecule has 5 heteroatoms. The summed E-state index contributed by atoms with van der Waals surface area (Å²) in [6.07, 6.45) is 0.987. The molecule has 2 aromatic heterocycles. The normalized spacial score (nSPS) is 12.9. The summed E-state index contributed by atoms with van der Waals surface area (Å²) in [4.78, 5) is 2.66. The van der Waals surface area contributed by atoms with E-state index in [4.69, 9.17) is 11.6 Å². The van der Waals surface area contributed by atoms with Crippen molar-refractivity contribution in [3.05, 3.63) is 42.1 Å². The molecule has 2 rings (SSSR count). The topological polar surface area (TPSA) is 12.0 Å². The highest BCUT2D eigenvalue weighted by atomic mass is 79.9. The number of rotatable bonds is 4. The lowest BCUT2D eigenvalue weighted by Crippen LogP contribution is -2.17. The molecule has 0 amide bonds. The largest absolute Gasteiger partial charge is 0.312 e. The standard InChI is InChI=1S/C11H11BrClNS2/c1-14-9(10-4-7(12)6-15-10)5-8-2-3-11(13)16-8/h2-4,6,9,14H,5H2,1H3. The molecule has 1 atom stereocenters. The molecule has 86 valence electrons. The van der Waals surface area contributed by atoms with Crippen molar-refractivity contribution >= 4 is 50.2 Å². The van der Waals surface area contributed by atoms with Gasteiger partial charge in [0.25, 0.3) is 0 Å². The molecule has 0 radical (unpaired) electrons. The lowest BCUT2D eigenvalue weighted by atomic mass is 10.1. The van der Waals surface area contributed by atoms with E-state index >= 15 is 0 Å². The molecule has 0 aliphatic rings. The Bertz CT molecular complexity index is 466. The van der Waals surface area contributed by atoms with Crippen LogP contribution in [-0.2, 0) is 6.42 Å². The quantitative estimate of drug-likeness (QED) is 0.851. The zero-order valence-electron chi connectivity index (χ0n) is 8.67. The van der Waals surface area contributed by atoms with E-state index in [0.717, 1.165) is 15.2 Å². The average molecular weight is 337 g/mol. The van der Waals surface area contributed by atoms with E-state index < -0.39 is 0 Å². The molecule has 2 heterocycles. The molecular formula is C11H11BrClNS2. The van der Waals surface area contributed by atoms with Crippen LogP contribution < -0.4 is 5.32 Å². The Morgan fingerprint density at radius 2 is 2.31 bits per heavy atom. The summed E-state index contributed by atoms with van der Waals surface area (Å²) in [5.41, 5.74) is 0. The van der Waals surface area contributed by atoms with Gasteiger partial charge in [0.2, 0.25) is 0 Å². The Hall–Kier alpha value is 0.130. The van der Waals surface area contributed by atoms with Crippen LogP contribution in [0.3, 0.4) is 0 Å². The smallest absolute Gasteiger partial charge is 0.0931 e. The predicted molar refractivity (Wildman–Crippen MR) is 76.9 cm³/mol. The lowest BCUT2D eigenvalue weighted by molar-refractivity contribution is 0.607. The van der Waals surface area contributed by atoms with Gasteiger partial charge in [-0.1, -0.05) is 11.6 Å². The van der Waals surface area contributed by atoms with Crippen LogP contribution in [0.1, 0.15) is 15.8 Å². The van der Waals surface area contributed by atoms with E-state index in [1.807, 2.05) is 13.1 Å². The van der Waals surface area contributed by atoms with Crippen molar-refractivity contribution in [2.75, 3.05) is 7.05 Å². The number of thiophene rings is 2. The molecule has 16 heavy (non-hydrogen) atoms. The second kappa shape index (κ2) is 5.65. The molecule has 0 aliphatic heterocycles. The summed E-state index contributed by atoms with van der Waals surface area (Å²) in [5.74, 6) is 0. The third-order valence-corrected chi connectivity index (χ3v) is 5.37. The molecule has 0 aromatic carbocycles. The van der Waals surface area contributed by atoms with Crippen LogP contribution in [0, 0.1) is 0 Å². The van der Waals surface area contributed by atoms with Gasteiger partial charge in [-0.2, -0.15) is 0 Å². The van der Waals surface area contributed by atoms with Gasteiger partial charge in [-0.25, -0.2) is 0 Å². The van der Waals surface area contributed by atoms with Gasteiger partial charge >= 0.3 is 0 Å². The highest BCUT2D eigenvalue weighted by molar-refractivity contribution is 9.10. The molecule has 0 fully saturated rings. The maximum atomic E-state index is 5.93. The lowest BCUT2D eigenvalue weighted by Gasteiger charge is -2.12.